The van der Waals surface area contributed by atoms with Crippen LogP contribution in [0.2, 0.25) is 0 Å². The Kier molecular flexibility index (Phi) is 3.78. The quantitative estimate of drug-likeness (QED) is 0.868. The number of urea groups is 1. The van der Waals surface area contributed by atoms with Crippen LogP contribution < -0.4 is 5.32 Å². The SMILES string of the molecule is CC1CCC2(CC1)NC(=O)N(Cc1nnc(-c3ccccc3)o1)C2=O. The van der Waals surface area contributed by atoms with Gasteiger partial charge in [-0.25, -0.2) is 4.79 Å². The van der Waals surface area contributed by atoms with E-state index in [2.05, 4.69) is 22.4 Å². The summed E-state index contributed by atoms with van der Waals surface area (Å²) in [6, 6.07) is 9.01. The highest BCUT2D eigenvalue weighted by molar-refractivity contribution is 6.06. The van der Waals surface area contributed by atoms with E-state index in [0.717, 1.165) is 18.4 Å². The molecule has 1 aliphatic carbocycles. The number of benzene rings is 1. The van der Waals surface area contributed by atoms with Gasteiger partial charge in [0.15, 0.2) is 0 Å². The molecule has 0 radical (unpaired) electrons. The number of nitrogens with one attached hydrogen (secondary N) is 1. The van der Waals surface area contributed by atoms with Crippen molar-refractivity contribution in [3.63, 3.8) is 0 Å². The number of imide groups is 1. The Labute approximate surface area is 145 Å². The first-order valence-corrected chi connectivity index (χ1v) is 8.59. The molecule has 1 N–H and O–H groups in total. The molecule has 2 fully saturated rings. The van der Waals surface area contributed by atoms with E-state index in [-0.39, 0.29) is 24.4 Å². The Morgan fingerprint density at radius 2 is 1.92 bits per heavy atom. The minimum Gasteiger partial charge on any atom is -0.419 e. The number of carbonyl (C=O) groups is 2. The molecule has 7 heteroatoms. The van der Waals surface area contributed by atoms with Crippen LogP contribution in [0.15, 0.2) is 34.7 Å². The Morgan fingerprint density at radius 3 is 2.64 bits per heavy atom. The molecule has 0 unspecified atom stereocenters. The van der Waals surface area contributed by atoms with Gasteiger partial charge in [-0.15, -0.1) is 10.2 Å². The van der Waals surface area contributed by atoms with Crippen molar-refractivity contribution in [2.45, 2.75) is 44.7 Å². The van der Waals surface area contributed by atoms with Crippen molar-refractivity contribution in [1.82, 2.24) is 20.4 Å². The second-order valence-corrected chi connectivity index (χ2v) is 6.95. The van der Waals surface area contributed by atoms with Gasteiger partial charge >= 0.3 is 6.03 Å². The lowest BCUT2D eigenvalue weighted by atomic mass is 9.77. The van der Waals surface area contributed by atoms with Gasteiger partial charge in [0.05, 0.1) is 0 Å². The predicted octanol–water partition coefficient (Wildman–Crippen LogP) is 2.74. The number of hydrogen-bond donors (Lipinski definition) is 1. The van der Waals surface area contributed by atoms with Crippen LogP contribution in [0.25, 0.3) is 11.5 Å². The van der Waals surface area contributed by atoms with Crippen LogP contribution in [0, 0.1) is 5.92 Å². The van der Waals surface area contributed by atoms with Crippen molar-refractivity contribution in [2.24, 2.45) is 5.92 Å². The average molecular weight is 340 g/mol. The lowest BCUT2D eigenvalue weighted by Crippen LogP contribution is -2.49. The van der Waals surface area contributed by atoms with Crippen molar-refractivity contribution >= 4 is 11.9 Å². The van der Waals surface area contributed by atoms with Crippen LogP contribution in [0.3, 0.4) is 0 Å². The summed E-state index contributed by atoms with van der Waals surface area (Å²) in [5.74, 6) is 1.05. The van der Waals surface area contributed by atoms with Crippen molar-refractivity contribution in [3.05, 3.63) is 36.2 Å². The maximum absolute atomic E-state index is 12.8. The van der Waals surface area contributed by atoms with Gasteiger partial charge < -0.3 is 9.73 Å². The van der Waals surface area contributed by atoms with Crippen LogP contribution in [-0.4, -0.2) is 32.6 Å². The standard InChI is InChI=1S/C18H20N4O3/c1-12-7-9-18(10-8-12)16(23)22(17(24)19-18)11-14-20-21-15(25-14)13-5-3-2-4-6-13/h2-6,12H,7-11H2,1H3,(H,19,24). The summed E-state index contributed by atoms with van der Waals surface area (Å²) in [7, 11) is 0. The molecule has 1 spiro atoms. The molecule has 2 heterocycles. The fourth-order valence-electron chi connectivity index (χ4n) is 3.56. The first kappa shape index (κ1) is 15.8. The fourth-order valence-corrected chi connectivity index (χ4v) is 3.56. The Bertz CT molecular complexity index is 794. The third-order valence-corrected chi connectivity index (χ3v) is 5.15. The van der Waals surface area contributed by atoms with Crippen molar-refractivity contribution in [1.29, 1.82) is 0 Å². The van der Waals surface area contributed by atoms with E-state index in [9.17, 15) is 9.59 Å². The Balaban J connectivity index is 1.51. The molecule has 1 aromatic carbocycles. The van der Waals surface area contributed by atoms with Crippen molar-refractivity contribution < 1.29 is 14.0 Å². The summed E-state index contributed by atoms with van der Waals surface area (Å²) in [6.07, 6.45) is 3.26. The van der Waals surface area contributed by atoms with Crippen LogP contribution in [-0.2, 0) is 11.3 Å². The molecule has 2 aromatic rings. The third-order valence-electron chi connectivity index (χ3n) is 5.15. The van der Waals surface area contributed by atoms with Crippen LogP contribution in [0.1, 0.15) is 38.5 Å². The van der Waals surface area contributed by atoms with Gasteiger partial charge in [0.2, 0.25) is 11.8 Å². The highest BCUT2D eigenvalue weighted by Gasteiger charge is 2.52. The van der Waals surface area contributed by atoms with Gasteiger partial charge in [-0.2, -0.15) is 0 Å². The van der Waals surface area contributed by atoms with E-state index < -0.39 is 5.54 Å². The molecule has 0 atom stereocenters. The maximum atomic E-state index is 12.8. The van der Waals surface area contributed by atoms with E-state index in [1.807, 2.05) is 30.3 Å². The Hall–Kier alpha value is -2.70. The van der Waals surface area contributed by atoms with Gasteiger partial charge in [-0.3, -0.25) is 9.69 Å². The van der Waals surface area contributed by atoms with E-state index in [1.165, 1.54) is 4.90 Å². The normalized spacial score (nSPS) is 26.3. The van der Waals surface area contributed by atoms with E-state index in [1.54, 1.807) is 0 Å². The van der Waals surface area contributed by atoms with Gasteiger partial charge in [0.1, 0.15) is 12.1 Å². The topological polar surface area (TPSA) is 88.3 Å². The Morgan fingerprint density at radius 1 is 1.20 bits per heavy atom. The summed E-state index contributed by atoms with van der Waals surface area (Å²) in [4.78, 5) is 26.4. The van der Waals surface area contributed by atoms with Crippen LogP contribution >= 0.6 is 0 Å². The van der Waals surface area contributed by atoms with Gasteiger partial charge in [-0.05, 0) is 43.7 Å². The van der Waals surface area contributed by atoms with Gasteiger partial charge in [0, 0.05) is 5.56 Å². The van der Waals surface area contributed by atoms with Gasteiger partial charge in [-0.1, -0.05) is 25.1 Å². The molecule has 3 amide bonds. The number of aromatic nitrogens is 2. The predicted molar refractivity (Wildman–Crippen MR) is 89.2 cm³/mol. The maximum Gasteiger partial charge on any atom is 0.325 e. The molecular formula is C18H20N4O3. The molecule has 1 saturated heterocycles. The van der Waals surface area contributed by atoms with Crippen molar-refractivity contribution in [3.8, 4) is 11.5 Å². The summed E-state index contributed by atoms with van der Waals surface area (Å²) < 4.78 is 5.63. The minimum atomic E-state index is -0.744. The summed E-state index contributed by atoms with van der Waals surface area (Å²) in [5.41, 5.74) is 0.0579. The molecule has 1 aromatic heterocycles. The number of nitrogens with zero attached hydrogens (tertiary/aromatic N) is 3. The van der Waals surface area contributed by atoms with Crippen LogP contribution in [0.4, 0.5) is 4.79 Å². The zero-order valence-electron chi connectivity index (χ0n) is 14.1. The molecule has 25 heavy (non-hydrogen) atoms. The monoisotopic (exact) mass is 340 g/mol. The first-order valence-electron chi connectivity index (χ1n) is 8.59. The smallest absolute Gasteiger partial charge is 0.325 e. The van der Waals surface area contributed by atoms with Crippen molar-refractivity contribution in [2.75, 3.05) is 0 Å². The van der Waals surface area contributed by atoms with E-state index >= 15 is 0 Å². The molecule has 2 aliphatic rings. The molecule has 130 valence electrons. The van der Waals surface area contributed by atoms with Gasteiger partial charge in [0.25, 0.3) is 5.91 Å². The molecule has 0 bridgehead atoms. The van der Waals surface area contributed by atoms with E-state index in [0.29, 0.717) is 24.7 Å². The average Bonchev–Trinajstić information content (AvgIpc) is 3.18. The number of carbonyl (C=O) groups excluding carboxylic acids is 2. The molecule has 1 saturated carbocycles. The largest absolute Gasteiger partial charge is 0.419 e. The fraction of sp³-hybridized carbons (Fsp3) is 0.444. The number of amides is 3. The van der Waals surface area contributed by atoms with Crippen LogP contribution in [0.5, 0.6) is 0 Å². The lowest BCUT2D eigenvalue weighted by molar-refractivity contribution is -0.133. The molecule has 7 nitrogen and oxygen atoms in total. The second-order valence-electron chi connectivity index (χ2n) is 6.95. The third kappa shape index (κ3) is 2.79. The zero-order chi connectivity index (χ0) is 17.4. The molecule has 4 rings (SSSR count). The summed E-state index contributed by atoms with van der Waals surface area (Å²) in [5, 5.41) is 10.9. The zero-order valence-corrected chi connectivity index (χ0v) is 14.1. The molecular weight excluding hydrogens is 320 g/mol. The summed E-state index contributed by atoms with van der Waals surface area (Å²) >= 11 is 0. The first-order chi connectivity index (χ1) is 12.1. The minimum absolute atomic E-state index is 0.00179. The molecule has 1 aliphatic heterocycles. The lowest BCUT2D eigenvalue weighted by Gasteiger charge is -2.33. The number of hydrogen-bond acceptors (Lipinski definition) is 5. The highest BCUT2D eigenvalue weighted by Crippen LogP contribution is 2.36. The number of rotatable bonds is 3. The van der Waals surface area contributed by atoms with E-state index in [4.69, 9.17) is 4.42 Å². The second kappa shape index (κ2) is 5.98. The highest BCUT2D eigenvalue weighted by atomic mass is 16.4. The summed E-state index contributed by atoms with van der Waals surface area (Å²) in [6.45, 7) is 2.18.